The molecule has 0 bridgehead atoms. The van der Waals surface area contributed by atoms with Crippen molar-refractivity contribution in [2.24, 2.45) is 10.8 Å². The predicted molar refractivity (Wildman–Crippen MR) is 133 cm³/mol. The topological polar surface area (TPSA) is 83.5 Å². The van der Waals surface area contributed by atoms with Crippen LogP contribution in [0, 0.1) is 10.8 Å². The molecule has 0 aliphatic carbocycles. The minimum Gasteiger partial charge on any atom is -0.507 e. The van der Waals surface area contributed by atoms with Crippen molar-refractivity contribution in [1.82, 2.24) is 0 Å². The number of carbonyl (C=O) groups excluding carboxylic acids is 1. The first-order chi connectivity index (χ1) is 16.2. The van der Waals surface area contributed by atoms with E-state index < -0.39 is 10.8 Å². The second-order valence-electron chi connectivity index (χ2n) is 12.9. The Labute approximate surface area is 210 Å². The Morgan fingerprint density at radius 2 is 1.46 bits per heavy atom. The van der Waals surface area contributed by atoms with E-state index >= 15 is 0 Å². The van der Waals surface area contributed by atoms with Crippen LogP contribution in [-0.4, -0.2) is 57.2 Å². The van der Waals surface area contributed by atoms with Crippen molar-refractivity contribution in [1.29, 1.82) is 0 Å². The van der Waals surface area contributed by atoms with Gasteiger partial charge in [-0.1, -0.05) is 67.5 Å². The summed E-state index contributed by atoms with van der Waals surface area (Å²) < 4.78 is 28.5. The molecule has 0 amide bonds. The third-order valence-corrected chi connectivity index (χ3v) is 6.93. The van der Waals surface area contributed by atoms with E-state index in [1.165, 1.54) is 0 Å². The second kappa shape index (κ2) is 10.4. The van der Waals surface area contributed by atoms with Gasteiger partial charge in [0.05, 0.1) is 37.9 Å². The maximum atomic E-state index is 12.8. The zero-order valence-electron chi connectivity index (χ0n) is 22.8. The lowest BCUT2D eigenvalue weighted by molar-refractivity contribution is -0.299. The van der Waals surface area contributed by atoms with Crippen LogP contribution in [0.4, 0.5) is 0 Å². The summed E-state index contributed by atoms with van der Waals surface area (Å²) in [5.41, 5.74) is 1.54. The highest BCUT2D eigenvalue weighted by Crippen LogP contribution is 2.42. The lowest BCUT2D eigenvalue weighted by Crippen LogP contribution is -2.60. The van der Waals surface area contributed by atoms with Crippen LogP contribution >= 0.6 is 0 Å². The zero-order valence-corrected chi connectivity index (χ0v) is 22.8. The van der Waals surface area contributed by atoms with Crippen LogP contribution in [0.2, 0.25) is 0 Å². The van der Waals surface area contributed by atoms with Gasteiger partial charge in [0.2, 0.25) is 0 Å². The number of hydrogen-bond acceptors (Lipinski definition) is 7. The van der Waals surface area contributed by atoms with Gasteiger partial charge in [-0.3, -0.25) is 4.79 Å². The number of carbonyl (C=O) groups is 1. The number of aryl methyl sites for hydroxylation is 1. The van der Waals surface area contributed by atoms with Crippen LogP contribution < -0.4 is 0 Å². The van der Waals surface area contributed by atoms with E-state index in [0.29, 0.717) is 32.0 Å². The summed E-state index contributed by atoms with van der Waals surface area (Å²) in [5, 5.41) is 10.9. The van der Waals surface area contributed by atoms with Gasteiger partial charge in [0, 0.05) is 11.8 Å². The van der Waals surface area contributed by atoms with Gasteiger partial charge in [-0.05, 0) is 33.9 Å². The van der Waals surface area contributed by atoms with E-state index in [-0.39, 0.29) is 49.5 Å². The van der Waals surface area contributed by atoms with Crippen molar-refractivity contribution in [3.05, 3.63) is 28.8 Å². The molecule has 0 aromatic heterocycles. The molecular weight excluding hydrogens is 448 g/mol. The van der Waals surface area contributed by atoms with E-state index in [4.69, 9.17) is 23.7 Å². The first-order valence-corrected chi connectivity index (χ1v) is 12.5. The van der Waals surface area contributed by atoms with E-state index in [1.54, 1.807) is 0 Å². The fraction of sp³-hybridized carbons (Fsp3) is 0.750. The summed E-state index contributed by atoms with van der Waals surface area (Å²) in [6.45, 7) is 18.8. The fourth-order valence-electron chi connectivity index (χ4n) is 5.14. The number of esters is 1. The SMILES string of the molecule is CC(C)(C)c1cc(CCC(=O)OCC(C)(C)C2OCOCC23COCOC3)cc(C(C)(C)C)c1O. The van der Waals surface area contributed by atoms with Crippen LogP contribution in [0.3, 0.4) is 0 Å². The smallest absolute Gasteiger partial charge is 0.306 e. The molecule has 0 radical (unpaired) electrons. The van der Waals surface area contributed by atoms with Crippen molar-refractivity contribution in [2.45, 2.75) is 85.2 Å². The molecule has 1 aromatic rings. The van der Waals surface area contributed by atoms with Crippen molar-refractivity contribution < 1.29 is 33.6 Å². The highest BCUT2D eigenvalue weighted by molar-refractivity contribution is 5.70. The standard InChI is InChI=1S/C28H44O7/c1-25(2,3)20-11-19(12-21(23(20)30)26(4,5)6)9-10-22(29)34-13-27(7,8)24-28(16-33-18-35-24)14-31-17-32-15-28/h11-12,24,30H,9-10,13-18H2,1-8H3. The Bertz CT molecular complexity index is 842. The van der Waals surface area contributed by atoms with Crippen LogP contribution in [0.5, 0.6) is 5.75 Å². The maximum absolute atomic E-state index is 12.8. The third kappa shape index (κ3) is 6.56. The first-order valence-electron chi connectivity index (χ1n) is 12.5. The Morgan fingerprint density at radius 1 is 0.943 bits per heavy atom. The third-order valence-electron chi connectivity index (χ3n) is 6.93. The van der Waals surface area contributed by atoms with Crippen LogP contribution in [0.15, 0.2) is 12.1 Å². The Hall–Kier alpha value is -1.67. The van der Waals surface area contributed by atoms with Gasteiger partial charge in [-0.15, -0.1) is 0 Å². The number of ether oxygens (including phenoxy) is 5. The largest absolute Gasteiger partial charge is 0.507 e. The molecule has 2 heterocycles. The highest BCUT2D eigenvalue weighted by Gasteiger charge is 2.52. The van der Waals surface area contributed by atoms with Crippen LogP contribution in [0.1, 0.15) is 78.5 Å². The summed E-state index contributed by atoms with van der Waals surface area (Å²) in [4.78, 5) is 12.8. The molecule has 2 saturated heterocycles. The molecule has 2 aliphatic heterocycles. The highest BCUT2D eigenvalue weighted by atomic mass is 16.7. The molecule has 2 aliphatic rings. The van der Waals surface area contributed by atoms with Gasteiger partial charge in [0.25, 0.3) is 0 Å². The summed E-state index contributed by atoms with van der Waals surface area (Å²) in [7, 11) is 0. The molecule has 35 heavy (non-hydrogen) atoms. The summed E-state index contributed by atoms with van der Waals surface area (Å²) in [5.74, 6) is 0.0946. The average molecular weight is 493 g/mol. The number of hydrogen-bond donors (Lipinski definition) is 1. The number of phenols is 1. The molecular formula is C28H44O7. The van der Waals surface area contributed by atoms with Gasteiger partial charge in [0.1, 0.15) is 19.3 Å². The van der Waals surface area contributed by atoms with Crippen LogP contribution in [0.25, 0.3) is 0 Å². The van der Waals surface area contributed by atoms with E-state index in [1.807, 2.05) is 26.0 Å². The van der Waals surface area contributed by atoms with E-state index in [0.717, 1.165) is 16.7 Å². The summed E-state index contributed by atoms with van der Waals surface area (Å²) in [6.07, 6.45) is 0.586. The quantitative estimate of drug-likeness (QED) is 0.568. The van der Waals surface area contributed by atoms with E-state index in [2.05, 4.69) is 41.5 Å². The average Bonchev–Trinajstić information content (AvgIpc) is 2.76. The number of benzene rings is 1. The minimum atomic E-state index is -0.444. The van der Waals surface area contributed by atoms with Crippen molar-refractivity contribution in [3.8, 4) is 5.75 Å². The fourth-order valence-corrected chi connectivity index (χ4v) is 5.14. The van der Waals surface area contributed by atoms with Gasteiger partial charge in [0.15, 0.2) is 0 Å². The lowest BCUT2D eigenvalue weighted by atomic mass is 9.70. The molecule has 3 rings (SSSR count). The van der Waals surface area contributed by atoms with Crippen molar-refractivity contribution in [2.75, 3.05) is 40.0 Å². The second-order valence-corrected chi connectivity index (χ2v) is 12.9. The molecule has 1 atom stereocenters. The van der Waals surface area contributed by atoms with Crippen LogP contribution in [-0.2, 0) is 45.7 Å². The number of aromatic hydroxyl groups is 1. The molecule has 1 N–H and O–H groups in total. The van der Waals surface area contributed by atoms with E-state index in [9.17, 15) is 9.90 Å². The van der Waals surface area contributed by atoms with Gasteiger partial charge >= 0.3 is 5.97 Å². The number of phenolic OH excluding ortho intramolecular Hbond substituents is 1. The molecule has 1 spiro atoms. The molecule has 0 saturated carbocycles. The Balaban J connectivity index is 1.66. The molecule has 2 fully saturated rings. The lowest BCUT2D eigenvalue weighted by Gasteiger charge is -2.50. The monoisotopic (exact) mass is 492 g/mol. The molecule has 7 nitrogen and oxygen atoms in total. The maximum Gasteiger partial charge on any atom is 0.306 e. The predicted octanol–water partition coefficient (Wildman–Crippen LogP) is 4.85. The zero-order chi connectivity index (χ0) is 26.1. The number of rotatable bonds is 6. The molecule has 7 heteroatoms. The van der Waals surface area contributed by atoms with Gasteiger partial charge in [-0.25, -0.2) is 0 Å². The van der Waals surface area contributed by atoms with Gasteiger partial charge < -0.3 is 28.8 Å². The molecule has 1 aromatic carbocycles. The normalized spacial score (nSPS) is 21.2. The molecule has 1 unspecified atom stereocenters. The minimum absolute atomic E-state index is 0.205. The Kier molecular flexibility index (Phi) is 8.27. The summed E-state index contributed by atoms with van der Waals surface area (Å²) in [6, 6.07) is 4.04. The molecule has 198 valence electrons. The van der Waals surface area contributed by atoms with Crippen molar-refractivity contribution in [3.63, 3.8) is 0 Å². The van der Waals surface area contributed by atoms with Gasteiger partial charge in [-0.2, -0.15) is 0 Å². The Morgan fingerprint density at radius 3 is 1.97 bits per heavy atom. The first kappa shape index (κ1) is 27.9. The van der Waals surface area contributed by atoms with Crippen molar-refractivity contribution >= 4 is 5.97 Å². The summed E-state index contributed by atoms with van der Waals surface area (Å²) >= 11 is 0.